The van der Waals surface area contributed by atoms with Gasteiger partial charge in [-0.05, 0) is 0 Å². The molecule has 2 aliphatic heterocycles. The molecule has 0 aromatic heterocycles. The summed E-state index contributed by atoms with van der Waals surface area (Å²) in [5.74, 6) is -0.490. The third-order valence-corrected chi connectivity index (χ3v) is 2.38. The van der Waals surface area contributed by atoms with Crippen LogP contribution in [0.15, 0.2) is 0 Å². The Balaban J connectivity index is 2.15. The van der Waals surface area contributed by atoms with Crippen molar-refractivity contribution in [3.8, 4) is 0 Å². The Bertz CT molecular complexity index is 261. The first-order chi connectivity index (χ1) is 6.16. The van der Waals surface area contributed by atoms with E-state index in [0.29, 0.717) is 0 Å². The van der Waals surface area contributed by atoms with Gasteiger partial charge in [-0.25, -0.2) is 0 Å². The van der Waals surface area contributed by atoms with E-state index in [0.717, 1.165) is 0 Å². The number of carbonyl (C=O) groups excluding carboxylic acids is 2. The Morgan fingerprint density at radius 2 is 2.31 bits per heavy atom. The summed E-state index contributed by atoms with van der Waals surface area (Å²) in [6, 6.07) is 0. The van der Waals surface area contributed by atoms with Gasteiger partial charge in [0.1, 0.15) is 6.61 Å². The Morgan fingerprint density at radius 1 is 1.54 bits per heavy atom. The van der Waals surface area contributed by atoms with E-state index >= 15 is 0 Å². The molecular weight excluding hydrogens is 176 g/mol. The molecule has 0 N–H and O–H groups in total. The zero-order chi connectivity index (χ0) is 9.47. The molecule has 0 bridgehead atoms. The summed E-state index contributed by atoms with van der Waals surface area (Å²) in [4.78, 5) is 22.3. The molecule has 2 saturated heterocycles. The number of methoxy groups -OCH3 is 1. The number of esters is 1. The Hall–Kier alpha value is -0.940. The molecule has 0 aliphatic carbocycles. The number of rotatable bonds is 1. The van der Waals surface area contributed by atoms with Crippen LogP contribution in [0.25, 0.3) is 0 Å². The molecule has 2 fully saturated rings. The number of hydrogen-bond donors (Lipinski definition) is 0. The Labute approximate surface area is 74.9 Å². The highest BCUT2D eigenvalue weighted by Crippen LogP contribution is 2.34. The Morgan fingerprint density at radius 3 is 2.77 bits per heavy atom. The van der Waals surface area contributed by atoms with E-state index in [1.54, 1.807) is 0 Å². The monoisotopic (exact) mass is 186 g/mol. The van der Waals surface area contributed by atoms with Crippen molar-refractivity contribution in [2.24, 2.45) is 0 Å². The largest absolute Gasteiger partial charge is 0.462 e. The molecule has 1 spiro atoms. The average molecular weight is 186 g/mol. The maximum Gasteiger partial charge on any atom is 0.309 e. The first-order valence-corrected chi connectivity index (χ1v) is 4.06. The first kappa shape index (κ1) is 8.65. The van der Waals surface area contributed by atoms with E-state index in [2.05, 4.69) is 0 Å². The second kappa shape index (κ2) is 2.78. The lowest BCUT2D eigenvalue weighted by Gasteiger charge is -2.17. The zero-order valence-electron chi connectivity index (χ0n) is 7.24. The van der Waals surface area contributed by atoms with Gasteiger partial charge >= 0.3 is 5.97 Å². The number of hydrogen-bond acceptors (Lipinski definition) is 5. The molecule has 2 heterocycles. The average Bonchev–Trinajstić information content (AvgIpc) is 2.60. The number of ether oxygens (including phenoxy) is 3. The van der Waals surface area contributed by atoms with Crippen molar-refractivity contribution >= 4 is 11.8 Å². The number of cyclic esters (lactones) is 1. The van der Waals surface area contributed by atoms with E-state index < -0.39 is 11.9 Å². The van der Waals surface area contributed by atoms with E-state index in [4.69, 9.17) is 14.2 Å². The highest BCUT2D eigenvalue weighted by Gasteiger charge is 2.54. The standard InChI is InChI=1S/C8H10O5/c1-11-7-2-5(9)8(13-7)3-6(10)12-4-8/h7H,2-4H2,1H3/t7-,8?/m1/s1. The molecule has 0 saturated carbocycles. The van der Waals surface area contributed by atoms with E-state index in [9.17, 15) is 9.59 Å². The number of ketones is 1. The van der Waals surface area contributed by atoms with Crippen LogP contribution in [-0.2, 0) is 23.8 Å². The molecule has 2 aliphatic rings. The fourth-order valence-corrected chi connectivity index (χ4v) is 1.61. The molecule has 0 radical (unpaired) electrons. The summed E-state index contributed by atoms with van der Waals surface area (Å²) in [6.45, 7) is 0.0323. The van der Waals surface area contributed by atoms with Crippen LogP contribution < -0.4 is 0 Å². The second-order valence-electron chi connectivity index (χ2n) is 3.24. The molecule has 5 nitrogen and oxygen atoms in total. The van der Waals surface area contributed by atoms with Crippen molar-refractivity contribution in [3.63, 3.8) is 0 Å². The van der Waals surface area contributed by atoms with Crippen molar-refractivity contribution < 1.29 is 23.8 Å². The van der Waals surface area contributed by atoms with Crippen molar-refractivity contribution in [2.45, 2.75) is 24.7 Å². The minimum Gasteiger partial charge on any atom is -0.462 e. The van der Waals surface area contributed by atoms with Crippen LogP contribution in [0.1, 0.15) is 12.8 Å². The minimum absolute atomic E-state index is 0.0195. The van der Waals surface area contributed by atoms with Crippen LogP contribution in [0.4, 0.5) is 0 Å². The van der Waals surface area contributed by atoms with Crippen LogP contribution in [-0.4, -0.2) is 37.4 Å². The smallest absolute Gasteiger partial charge is 0.309 e. The first-order valence-electron chi connectivity index (χ1n) is 4.06. The maximum atomic E-state index is 11.5. The number of carbonyl (C=O) groups is 2. The lowest BCUT2D eigenvalue weighted by atomic mass is 9.98. The van der Waals surface area contributed by atoms with E-state index in [1.165, 1.54) is 7.11 Å². The molecule has 72 valence electrons. The van der Waals surface area contributed by atoms with Gasteiger partial charge in [-0.1, -0.05) is 0 Å². The lowest BCUT2D eigenvalue weighted by Crippen LogP contribution is -2.36. The van der Waals surface area contributed by atoms with Gasteiger partial charge in [0.15, 0.2) is 17.7 Å². The predicted molar refractivity (Wildman–Crippen MR) is 39.8 cm³/mol. The second-order valence-corrected chi connectivity index (χ2v) is 3.24. The van der Waals surface area contributed by atoms with Crippen molar-refractivity contribution in [3.05, 3.63) is 0 Å². The van der Waals surface area contributed by atoms with Crippen LogP contribution in [0.3, 0.4) is 0 Å². The van der Waals surface area contributed by atoms with Gasteiger partial charge in [0.05, 0.1) is 12.8 Å². The van der Waals surface area contributed by atoms with E-state index in [1.807, 2.05) is 0 Å². The van der Waals surface area contributed by atoms with Gasteiger partial charge in [-0.15, -0.1) is 0 Å². The SMILES string of the molecule is CO[C@H]1CC(=O)C2(COC(=O)C2)O1. The van der Waals surface area contributed by atoms with Crippen molar-refractivity contribution in [1.82, 2.24) is 0 Å². The quantitative estimate of drug-likeness (QED) is 0.523. The van der Waals surface area contributed by atoms with Gasteiger partial charge in [-0.2, -0.15) is 0 Å². The molecule has 5 heteroatoms. The lowest BCUT2D eigenvalue weighted by molar-refractivity contribution is -0.160. The summed E-state index contributed by atoms with van der Waals surface area (Å²) in [5.41, 5.74) is -1.04. The maximum absolute atomic E-state index is 11.5. The summed E-state index contributed by atoms with van der Waals surface area (Å²) in [5, 5.41) is 0. The molecule has 0 aromatic carbocycles. The summed E-state index contributed by atoms with van der Waals surface area (Å²) < 4.78 is 14.9. The molecule has 2 rings (SSSR count). The third-order valence-electron chi connectivity index (χ3n) is 2.38. The number of Topliss-reactive ketones (excluding diaryl/α,β-unsaturated/α-hetero) is 1. The summed E-state index contributed by atoms with van der Waals surface area (Å²) in [7, 11) is 1.47. The third kappa shape index (κ3) is 1.24. The van der Waals surface area contributed by atoms with Gasteiger partial charge in [0.2, 0.25) is 0 Å². The fraction of sp³-hybridized carbons (Fsp3) is 0.750. The normalized spacial score (nSPS) is 38.7. The van der Waals surface area contributed by atoms with Crippen molar-refractivity contribution in [2.75, 3.05) is 13.7 Å². The van der Waals surface area contributed by atoms with E-state index in [-0.39, 0.29) is 31.2 Å². The Kier molecular flexibility index (Phi) is 1.85. The minimum atomic E-state index is -1.04. The topological polar surface area (TPSA) is 61.8 Å². The van der Waals surface area contributed by atoms with Crippen LogP contribution in [0.2, 0.25) is 0 Å². The zero-order valence-corrected chi connectivity index (χ0v) is 7.24. The van der Waals surface area contributed by atoms with Crippen LogP contribution >= 0.6 is 0 Å². The molecule has 0 aromatic rings. The van der Waals surface area contributed by atoms with Gasteiger partial charge in [0.25, 0.3) is 0 Å². The van der Waals surface area contributed by atoms with Gasteiger partial charge < -0.3 is 14.2 Å². The summed E-state index contributed by atoms with van der Waals surface area (Å²) in [6.07, 6.45) is -0.305. The predicted octanol–water partition coefficient (Wildman–Crippen LogP) is -0.366. The molecule has 13 heavy (non-hydrogen) atoms. The van der Waals surface area contributed by atoms with Gasteiger partial charge in [0, 0.05) is 7.11 Å². The molecule has 1 unspecified atom stereocenters. The summed E-state index contributed by atoms with van der Waals surface area (Å²) >= 11 is 0. The molecule has 2 atom stereocenters. The highest BCUT2D eigenvalue weighted by atomic mass is 16.7. The van der Waals surface area contributed by atoms with Crippen LogP contribution in [0, 0.1) is 0 Å². The van der Waals surface area contributed by atoms with Gasteiger partial charge in [-0.3, -0.25) is 9.59 Å². The molecule has 0 amide bonds. The molecular formula is C8H10O5. The van der Waals surface area contributed by atoms with Crippen molar-refractivity contribution in [1.29, 1.82) is 0 Å². The van der Waals surface area contributed by atoms with Crippen LogP contribution in [0.5, 0.6) is 0 Å². The highest BCUT2D eigenvalue weighted by molar-refractivity contribution is 5.95. The fourth-order valence-electron chi connectivity index (χ4n) is 1.61.